The van der Waals surface area contributed by atoms with Gasteiger partial charge in [-0.05, 0) is 12.3 Å². The molecule has 0 spiro atoms. The number of hydrogen-bond acceptors (Lipinski definition) is 4. The number of nitrogens with one attached hydrogen (secondary N) is 2. The molecule has 0 atom stereocenters. The number of nitrogens with zero attached hydrogens (tertiary/aromatic N) is 1. The van der Waals surface area contributed by atoms with Crippen molar-refractivity contribution < 1.29 is 8.42 Å². The smallest absolute Gasteiger partial charge is 0.234 e. The molecule has 1 heterocycles. The van der Waals surface area contributed by atoms with Gasteiger partial charge in [0.15, 0.2) is 5.82 Å². The van der Waals surface area contributed by atoms with Crippen LogP contribution in [-0.4, -0.2) is 24.4 Å². The van der Waals surface area contributed by atoms with Crippen LogP contribution in [0, 0.1) is 12.3 Å². The maximum atomic E-state index is 11.8. The van der Waals surface area contributed by atoms with Crippen molar-refractivity contribution >= 4 is 21.5 Å². The molecule has 0 aromatic carbocycles. The first-order valence-corrected chi connectivity index (χ1v) is 6.57. The molecule has 0 aliphatic rings. The fourth-order valence-corrected chi connectivity index (χ4v) is 2.93. The summed E-state index contributed by atoms with van der Waals surface area (Å²) in [6.07, 6.45) is 0. The van der Waals surface area contributed by atoms with E-state index in [4.69, 9.17) is 5.73 Å². The molecule has 1 aromatic rings. The van der Waals surface area contributed by atoms with Gasteiger partial charge in [0.2, 0.25) is 10.0 Å². The van der Waals surface area contributed by atoms with E-state index in [-0.39, 0.29) is 17.0 Å². The summed E-state index contributed by atoms with van der Waals surface area (Å²) in [5.74, 6) is 0.187. The lowest BCUT2D eigenvalue weighted by Gasteiger charge is -2.18. The van der Waals surface area contributed by atoms with Gasteiger partial charge in [0.1, 0.15) is 0 Å². The summed E-state index contributed by atoms with van der Waals surface area (Å²) in [6, 6.07) is 0. The Labute approximate surface area is 95.7 Å². The van der Waals surface area contributed by atoms with E-state index >= 15 is 0 Å². The molecule has 0 fully saturated rings. The fourth-order valence-electron chi connectivity index (χ4n) is 1.27. The summed E-state index contributed by atoms with van der Waals surface area (Å²) in [7, 11) is -3.41. The number of sulfonamides is 1. The molecule has 0 aliphatic carbocycles. The molecule has 0 saturated heterocycles. The molecule has 92 valence electrons. The number of rotatable bonds is 3. The largest absolute Gasteiger partial charge is 0.394 e. The van der Waals surface area contributed by atoms with E-state index < -0.39 is 10.0 Å². The lowest BCUT2D eigenvalue weighted by Crippen LogP contribution is -2.26. The van der Waals surface area contributed by atoms with Crippen LogP contribution in [0.1, 0.15) is 26.5 Å². The predicted molar refractivity (Wildman–Crippen MR) is 64.6 cm³/mol. The molecular weight excluding hydrogens is 228 g/mol. The number of anilines is 2. The molecule has 16 heavy (non-hydrogen) atoms. The zero-order valence-corrected chi connectivity index (χ0v) is 10.8. The summed E-state index contributed by atoms with van der Waals surface area (Å²) in [5.41, 5.74) is 6.32. The van der Waals surface area contributed by atoms with E-state index in [0.717, 1.165) is 0 Å². The number of aromatic nitrogens is 2. The van der Waals surface area contributed by atoms with Gasteiger partial charge in [-0.25, -0.2) is 8.42 Å². The van der Waals surface area contributed by atoms with Crippen LogP contribution in [0.4, 0.5) is 11.5 Å². The third-order valence-corrected chi connectivity index (χ3v) is 3.62. The highest BCUT2D eigenvalue weighted by Crippen LogP contribution is 2.22. The van der Waals surface area contributed by atoms with Crippen LogP contribution in [0.5, 0.6) is 0 Å². The van der Waals surface area contributed by atoms with Gasteiger partial charge >= 0.3 is 0 Å². The normalized spacial score (nSPS) is 12.8. The molecule has 7 heteroatoms. The predicted octanol–water partition coefficient (Wildman–Crippen LogP) is 1.09. The van der Waals surface area contributed by atoms with Gasteiger partial charge in [-0.3, -0.25) is 9.82 Å². The Bertz CT molecular complexity index is 470. The summed E-state index contributed by atoms with van der Waals surface area (Å²) < 4.78 is 25.9. The van der Waals surface area contributed by atoms with E-state index in [9.17, 15) is 8.42 Å². The highest BCUT2D eigenvalue weighted by molar-refractivity contribution is 7.92. The van der Waals surface area contributed by atoms with E-state index in [0.29, 0.717) is 11.4 Å². The maximum Gasteiger partial charge on any atom is 0.234 e. The maximum absolute atomic E-state index is 11.8. The van der Waals surface area contributed by atoms with E-state index in [1.165, 1.54) is 0 Å². The van der Waals surface area contributed by atoms with Crippen LogP contribution in [0.25, 0.3) is 0 Å². The third kappa shape index (κ3) is 3.41. The van der Waals surface area contributed by atoms with Gasteiger partial charge in [0.25, 0.3) is 0 Å². The van der Waals surface area contributed by atoms with Crippen LogP contribution in [0.2, 0.25) is 0 Å². The highest BCUT2D eigenvalue weighted by Gasteiger charge is 2.23. The summed E-state index contributed by atoms with van der Waals surface area (Å²) in [6.45, 7) is 7.28. The minimum atomic E-state index is -3.41. The molecule has 0 unspecified atom stereocenters. The number of nitrogens with two attached hydrogens (primary N) is 1. The van der Waals surface area contributed by atoms with Gasteiger partial charge in [0.05, 0.1) is 17.1 Å². The highest BCUT2D eigenvalue weighted by atomic mass is 32.2. The topological polar surface area (TPSA) is 101 Å². The second-order valence-corrected chi connectivity index (χ2v) is 6.75. The van der Waals surface area contributed by atoms with Crippen molar-refractivity contribution in [3.8, 4) is 0 Å². The van der Waals surface area contributed by atoms with Crippen LogP contribution < -0.4 is 10.5 Å². The number of H-pyrrole nitrogens is 1. The molecular formula is C9H18N4O2S. The Kier molecular flexibility index (Phi) is 3.18. The molecule has 1 rings (SSSR count). The molecule has 1 aromatic heterocycles. The zero-order chi connectivity index (χ0) is 12.6. The molecule has 0 radical (unpaired) electrons. The average Bonchev–Trinajstić information content (AvgIpc) is 2.30. The number of aryl methyl sites for hydroxylation is 1. The van der Waals surface area contributed by atoms with Gasteiger partial charge in [-0.2, -0.15) is 5.10 Å². The minimum absolute atomic E-state index is 0.0192. The Hall–Kier alpha value is -1.24. The van der Waals surface area contributed by atoms with Crippen molar-refractivity contribution in [3.05, 3.63) is 5.69 Å². The quantitative estimate of drug-likeness (QED) is 0.743. The second kappa shape index (κ2) is 3.97. The zero-order valence-electron chi connectivity index (χ0n) is 9.96. The molecule has 0 saturated carbocycles. The van der Waals surface area contributed by atoms with Gasteiger partial charge in [-0.15, -0.1) is 0 Å². The van der Waals surface area contributed by atoms with Crippen molar-refractivity contribution in [2.75, 3.05) is 16.2 Å². The van der Waals surface area contributed by atoms with Crippen LogP contribution in [0.3, 0.4) is 0 Å². The fraction of sp³-hybridized carbons (Fsp3) is 0.667. The second-order valence-electron chi connectivity index (χ2n) is 5.03. The molecule has 0 amide bonds. The van der Waals surface area contributed by atoms with Crippen LogP contribution >= 0.6 is 0 Å². The first kappa shape index (κ1) is 12.8. The first-order valence-electron chi connectivity index (χ1n) is 4.92. The standard InChI is InChI=1S/C9H18N4O2S/c1-6-7(10)8(12-11-6)13-16(14,15)5-9(2,3)4/h5,10H2,1-4H3,(H2,11,12,13). The number of hydrogen-bond donors (Lipinski definition) is 3. The van der Waals surface area contributed by atoms with Crippen LogP contribution in [0.15, 0.2) is 0 Å². The van der Waals surface area contributed by atoms with Crippen molar-refractivity contribution in [2.45, 2.75) is 27.7 Å². The Balaban J connectivity index is 2.86. The summed E-state index contributed by atoms with van der Waals surface area (Å²) >= 11 is 0. The number of aromatic amines is 1. The average molecular weight is 246 g/mol. The van der Waals surface area contributed by atoms with E-state index in [1.807, 2.05) is 20.8 Å². The molecule has 6 nitrogen and oxygen atoms in total. The number of nitrogen functional groups attached to an aromatic ring is 1. The molecule has 0 bridgehead atoms. The minimum Gasteiger partial charge on any atom is -0.394 e. The Morgan fingerprint density at radius 2 is 2.00 bits per heavy atom. The lowest BCUT2D eigenvalue weighted by molar-refractivity contribution is 0.463. The van der Waals surface area contributed by atoms with Gasteiger partial charge in [-0.1, -0.05) is 20.8 Å². The van der Waals surface area contributed by atoms with Gasteiger partial charge in [0, 0.05) is 0 Å². The van der Waals surface area contributed by atoms with Crippen LogP contribution in [-0.2, 0) is 10.0 Å². The molecule has 0 aliphatic heterocycles. The van der Waals surface area contributed by atoms with Crippen molar-refractivity contribution in [2.24, 2.45) is 5.41 Å². The van der Waals surface area contributed by atoms with Crippen molar-refractivity contribution in [1.82, 2.24) is 10.2 Å². The SMILES string of the molecule is Cc1[nH]nc(NS(=O)(=O)CC(C)(C)C)c1N. The summed E-state index contributed by atoms with van der Waals surface area (Å²) in [5, 5.41) is 6.41. The monoisotopic (exact) mass is 246 g/mol. The Morgan fingerprint density at radius 3 is 2.38 bits per heavy atom. The lowest BCUT2D eigenvalue weighted by atomic mass is 10.0. The van der Waals surface area contributed by atoms with E-state index in [1.54, 1.807) is 6.92 Å². The van der Waals surface area contributed by atoms with Gasteiger partial charge < -0.3 is 5.73 Å². The van der Waals surface area contributed by atoms with E-state index in [2.05, 4.69) is 14.9 Å². The first-order chi connectivity index (χ1) is 7.11. The van der Waals surface area contributed by atoms with Crippen molar-refractivity contribution in [3.63, 3.8) is 0 Å². The summed E-state index contributed by atoms with van der Waals surface area (Å²) in [4.78, 5) is 0. The third-order valence-electron chi connectivity index (χ3n) is 1.87. The molecule has 4 N–H and O–H groups in total. The Morgan fingerprint density at radius 1 is 1.44 bits per heavy atom. The van der Waals surface area contributed by atoms with Crippen molar-refractivity contribution in [1.29, 1.82) is 0 Å².